The van der Waals surface area contributed by atoms with Crippen molar-refractivity contribution in [2.24, 2.45) is 0 Å². The molecule has 8 heteroatoms. The molecule has 0 spiro atoms. The molecular formula is C15H9Cl3N2O3. The minimum absolute atomic E-state index is 0.0200. The van der Waals surface area contributed by atoms with Gasteiger partial charge in [0.05, 0.1) is 17.2 Å². The third-order valence-corrected chi connectivity index (χ3v) is 3.54. The van der Waals surface area contributed by atoms with Crippen LogP contribution in [0.2, 0.25) is 0 Å². The number of hydrogen-bond acceptors (Lipinski definition) is 5. The number of aromatic nitrogens is 2. The lowest BCUT2D eigenvalue weighted by Crippen LogP contribution is -2.10. The summed E-state index contributed by atoms with van der Waals surface area (Å²) in [6, 6.07) is 8.29. The fourth-order valence-electron chi connectivity index (χ4n) is 1.97. The van der Waals surface area contributed by atoms with E-state index in [0.29, 0.717) is 16.7 Å². The number of nitrogens with zero attached hydrogens (tertiary/aromatic N) is 2. The van der Waals surface area contributed by atoms with Gasteiger partial charge in [0.15, 0.2) is 5.82 Å². The molecule has 0 amide bonds. The van der Waals surface area contributed by atoms with Crippen LogP contribution in [0.3, 0.4) is 0 Å². The predicted molar refractivity (Wildman–Crippen MR) is 88.6 cm³/mol. The third kappa shape index (κ3) is 3.27. The van der Waals surface area contributed by atoms with E-state index < -0.39 is 3.79 Å². The molecule has 0 aliphatic heterocycles. The molecule has 0 radical (unpaired) electrons. The Morgan fingerprint density at radius 2 is 1.87 bits per heavy atom. The highest BCUT2D eigenvalue weighted by Gasteiger charge is 2.28. The Morgan fingerprint density at radius 1 is 1.13 bits per heavy atom. The van der Waals surface area contributed by atoms with E-state index in [-0.39, 0.29) is 22.9 Å². The van der Waals surface area contributed by atoms with E-state index in [9.17, 15) is 4.79 Å². The molecule has 5 nitrogen and oxygen atoms in total. The first kappa shape index (κ1) is 16.1. The van der Waals surface area contributed by atoms with Gasteiger partial charge in [0.1, 0.15) is 5.76 Å². The van der Waals surface area contributed by atoms with Gasteiger partial charge in [-0.25, -0.2) is 4.98 Å². The number of halogens is 3. The highest BCUT2D eigenvalue weighted by Crippen LogP contribution is 2.38. The Labute approximate surface area is 145 Å². The first-order chi connectivity index (χ1) is 10.9. The summed E-state index contributed by atoms with van der Waals surface area (Å²) in [5, 5.41) is 0.577. The fourth-order valence-corrected chi connectivity index (χ4v) is 2.23. The van der Waals surface area contributed by atoms with Crippen molar-refractivity contribution in [2.45, 2.75) is 10.7 Å². The minimum atomic E-state index is -1.82. The van der Waals surface area contributed by atoms with E-state index in [1.807, 2.05) is 0 Å². The summed E-state index contributed by atoms with van der Waals surface area (Å²) < 4.78 is 9.01. The highest BCUT2D eigenvalue weighted by atomic mass is 35.6. The molecule has 0 unspecified atom stereocenters. The summed E-state index contributed by atoms with van der Waals surface area (Å²) in [5.41, 5.74) is 0.184. The molecule has 1 aromatic carbocycles. The van der Waals surface area contributed by atoms with Crippen LogP contribution in [0.15, 0.2) is 45.8 Å². The Morgan fingerprint density at radius 3 is 2.57 bits per heavy atom. The molecule has 0 aliphatic carbocycles. The number of para-hydroxylation sites is 1. The van der Waals surface area contributed by atoms with E-state index in [0.717, 1.165) is 0 Å². The SMILES string of the molecule is Cc1occc(=O)c1Oc1nc(C(Cl)(Cl)Cl)nc2ccccc12. The summed E-state index contributed by atoms with van der Waals surface area (Å²) in [6.45, 7) is 1.61. The van der Waals surface area contributed by atoms with E-state index in [1.165, 1.54) is 12.3 Å². The molecule has 118 valence electrons. The van der Waals surface area contributed by atoms with E-state index >= 15 is 0 Å². The fraction of sp³-hybridized carbons (Fsp3) is 0.133. The van der Waals surface area contributed by atoms with Crippen molar-refractivity contribution < 1.29 is 9.15 Å². The van der Waals surface area contributed by atoms with Crippen LogP contribution in [-0.2, 0) is 3.79 Å². The van der Waals surface area contributed by atoms with Crippen molar-refractivity contribution in [3.63, 3.8) is 0 Å². The lowest BCUT2D eigenvalue weighted by Gasteiger charge is -2.13. The van der Waals surface area contributed by atoms with Crippen LogP contribution in [-0.4, -0.2) is 9.97 Å². The standard InChI is InChI=1S/C15H9Cl3N2O3/c1-8-12(11(21)6-7-22-8)23-13-9-4-2-3-5-10(9)19-14(20-13)15(16,17)18/h2-7H,1H3. The van der Waals surface area contributed by atoms with E-state index in [1.54, 1.807) is 31.2 Å². The zero-order valence-electron chi connectivity index (χ0n) is 11.7. The number of rotatable bonds is 2. The zero-order valence-corrected chi connectivity index (χ0v) is 14.0. The molecule has 3 rings (SSSR count). The lowest BCUT2D eigenvalue weighted by molar-refractivity contribution is 0.411. The molecule has 0 saturated carbocycles. The van der Waals surface area contributed by atoms with Crippen LogP contribution in [0.5, 0.6) is 11.6 Å². The lowest BCUT2D eigenvalue weighted by atomic mass is 10.2. The number of hydrogen-bond donors (Lipinski definition) is 0. The average Bonchev–Trinajstić information content (AvgIpc) is 2.50. The summed E-state index contributed by atoms with van der Waals surface area (Å²) >= 11 is 17.6. The van der Waals surface area contributed by atoms with Crippen LogP contribution < -0.4 is 10.2 Å². The summed E-state index contributed by atoms with van der Waals surface area (Å²) in [7, 11) is 0. The van der Waals surface area contributed by atoms with Gasteiger partial charge in [-0.15, -0.1) is 0 Å². The number of aryl methyl sites for hydroxylation is 1. The van der Waals surface area contributed by atoms with Gasteiger partial charge in [-0.2, -0.15) is 4.98 Å². The maximum atomic E-state index is 12.0. The van der Waals surface area contributed by atoms with Gasteiger partial charge in [-0.1, -0.05) is 46.9 Å². The van der Waals surface area contributed by atoms with Gasteiger partial charge >= 0.3 is 0 Å². The molecule has 3 aromatic rings. The Balaban J connectivity index is 2.22. The molecule has 0 bridgehead atoms. The smallest absolute Gasteiger partial charge is 0.250 e. The third-order valence-electron chi connectivity index (χ3n) is 3.03. The molecule has 2 heterocycles. The van der Waals surface area contributed by atoms with Gasteiger partial charge in [0.2, 0.25) is 20.9 Å². The van der Waals surface area contributed by atoms with Crippen molar-refractivity contribution in [3.8, 4) is 11.6 Å². The second-order valence-corrected chi connectivity index (χ2v) is 6.92. The molecule has 0 N–H and O–H groups in total. The van der Waals surface area contributed by atoms with Gasteiger partial charge in [0, 0.05) is 6.07 Å². The second-order valence-electron chi connectivity index (χ2n) is 4.64. The first-order valence-corrected chi connectivity index (χ1v) is 7.60. The summed E-state index contributed by atoms with van der Waals surface area (Å²) in [5.74, 6) is 0.398. The Kier molecular flexibility index (Phi) is 4.19. The van der Waals surface area contributed by atoms with Crippen LogP contribution in [0, 0.1) is 6.92 Å². The van der Waals surface area contributed by atoms with Crippen molar-refractivity contribution in [1.82, 2.24) is 9.97 Å². The van der Waals surface area contributed by atoms with Gasteiger partial charge < -0.3 is 9.15 Å². The topological polar surface area (TPSA) is 65.2 Å². The van der Waals surface area contributed by atoms with Crippen molar-refractivity contribution in [2.75, 3.05) is 0 Å². The van der Waals surface area contributed by atoms with Gasteiger partial charge in [0.25, 0.3) is 0 Å². The van der Waals surface area contributed by atoms with Gasteiger partial charge in [-0.3, -0.25) is 4.79 Å². The molecule has 2 aromatic heterocycles. The first-order valence-electron chi connectivity index (χ1n) is 6.46. The van der Waals surface area contributed by atoms with Crippen LogP contribution in [0.4, 0.5) is 0 Å². The number of fused-ring (bicyclic) bond motifs is 1. The highest BCUT2D eigenvalue weighted by molar-refractivity contribution is 6.66. The minimum Gasteiger partial charge on any atom is -0.465 e. The summed E-state index contributed by atoms with van der Waals surface area (Å²) in [6.07, 6.45) is 1.29. The maximum Gasteiger partial charge on any atom is 0.250 e. The molecular weight excluding hydrogens is 363 g/mol. The van der Waals surface area contributed by atoms with Crippen LogP contribution in [0.1, 0.15) is 11.6 Å². The van der Waals surface area contributed by atoms with Crippen LogP contribution >= 0.6 is 34.8 Å². The van der Waals surface area contributed by atoms with Crippen molar-refractivity contribution >= 4 is 45.7 Å². The van der Waals surface area contributed by atoms with Crippen molar-refractivity contribution in [1.29, 1.82) is 0 Å². The Bertz CT molecular complexity index is 935. The van der Waals surface area contributed by atoms with E-state index in [4.69, 9.17) is 44.0 Å². The molecule has 0 fully saturated rings. The normalized spacial score (nSPS) is 11.7. The second kappa shape index (κ2) is 6.00. The quantitative estimate of drug-likeness (QED) is 0.620. The van der Waals surface area contributed by atoms with Crippen molar-refractivity contribution in [3.05, 3.63) is 58.4 Å². The number of benzene rings is 1. The average molecular weight is 372 g/mol. The molecule has 0 saturated heterocycles. The predicted octanol–water partition coefficient (Wildman–Crippen LogP) is 4.51. The molecule has 0 atom stereocenters. The largest absolute Gasteiger partial charge is 0.465 e. The number of ether oxygens (including phenoxy) is 1. The maximum absolute atomic E-state index is 12.0. The summed E-state index contributed by atoms with van der Waals surface area (Å²) in [4.78, 5) is 20.3. The Hall–Kier alpha value is -1.82. The van der Waals surface area contributed by atoms with Crippen LogP contribution in [0.25, 0.3) is 10.9 Å². The van der Waals surface area contributed by atoms with Gasteiger partial charge in [-0.05, 0) is 19.1 Å². The molecule has 0 aliphatic rings. The number of alkyl halides is 3. The van der Waals surface area contributed by atoms with E-state index in [2.05, 4.69) is 9.97 Å². The molecule has 23 heavy (non-hydrogen) atoms. The monoisotopic (exact) mass is 370 g/mol. The zero-order chi connectivity index (χ0) is 16.6.